The Bertz CT molecular complexity index is 663. The molecular formula is C13H19ClN2O4S. The highest BCUT2D eigenvalue weighted by Gasteiger charge is 2.37. The van der Waals surface area contributed by atoms with Gasteiger partial charge in [0.1, 0.15) is 5.02 Å². The van der Waals surface area contributed by atoms with Gasteiger partial charge in [-0.2, -0.15) is 0 Å². The van der Waals surface area contributed by atoms with Crippen molar-refractivity contribution in [3.05, 3.63) is 27.6 Å². The lowest BCUT2D eigenvalue weighted by atomic mass is 9.78. The Morgan fingerprint density at radius 1 is 1.48 bits per heavy atom. The van der Waals surface area contributed by atoms with Crippen LogP contribution in [0.1, 0.15) is 32.6 Å². The molecule has 3 N–H and O–H groups in total. The van der Waals surface area contributed by atoms with Gasteiger partial charge in [-0.1, -0.05) is 18.5 Å². The fraction of sp³-hybridized carbons (Fsp3) is 0.615. The van der Waals surface area contributed by atoms with E-state index in [-0.39, 0.29) is 16.5 Å². The predicted octanol–water partition coefficient (Wildman–Crippen LogP) is 1.25. The van der Waals surface area contributed by atoms with Gasteiger partial charge in [-0.05, 0) is 37.7 Å². The normalized spacial score (nSPS) is 26.7. The molecule has 1 aliphatic carbocycles. The van der Waals surface area contributed by atoms with Gasteiger partial charge in [0.25, 0.3) is 5.56 Å². The third-order valence-corrected chi connectivity index (χ3v) is 5.87. The highest BCUT2D eigenvalue weighted by atomic mass is 35.5. The van der Waals surface area contributed by atoms with E-state index < -0.39 is 21.1 Å². The standard InChI is InChI=1S/C13H19ClN2O4S/c1-9-2-4-13(8-17,5-3-9)16-21(19,20)10-6-11(14)12(18)15-7-10/h6-7,9,16-17H,2-5,8H2,1H3,(H,15,18). The Hall–Kier alpha value is -0.890. The van der Waals surface area contributed by atoms with Crippen LogP contribution in [0.5, 0.6) is 0 Å². The van der Waals surface area contributed by atoms with E-state index in [1.165, 1.54) is 0 Å². The number of rotatable bonds is 4. The van der Waals surface area contributed by atoms with E-state index in [4.69, 9.17) is 11.6 Å². The first-order valence-electron chi connectivity index (χ1n) is 6.81. The van der Waals surface area contributed by atoms with Crippen LogP contribution < -0.4 is 10.3 Å². The Labute approximate surface area is 128 Å². The van der Waals surface area contributed by atoms with Crippen molar-refractivity contribution < 1.29 is 13.5 Å². The molecule has 2 rings (SSSR count). The average Bonchev–Trinajstić information content (AvgIpc) is 2.44. The molecule has 0 spiro atoms. The fourth-order valence-corrected chi connectivity index (χ4v) is 4.22. The van der Waals surface area contributed by atoms with Gasteiger partial charge in [-0.15, -0.1) is 0 Å². The molecule has 0 amide bonds. The van der Waals surface area contributed by atoms with Crippen molar-refractivity contribution >= 4 is 21.6 Å². The van der Waals surface area contributed by atoms with E-state index in [1.54, 1.807) is 0 Å². The average molecular weight is 335 g/mol. The molecule has 6 nitrogen and oxygen atoms in total. The Kier molecular flexibility index (Phi) is 4.77. The van der Waals surface area contributed by atoms with Gasteiger partial charge in [-0.3, -0.25) is 4.79 Å². The van der Waals surface area contributed by atoms with Gasteiger partial charge < -0.3 is 10.1 Å². The number of aliphatic hydroxyl groups is 1. The number of pyridine rings is 1. The second-order valence-electron chi connectivity index (χ2n) is 5.74. The Balaban J connectivity index is 2.27. The highest BCUT2D eigenvalue weighted by molar-refractivity contribution is 7.89. The molecule has 118 valence electrons. The molecule has 1 aromatic heterocycles. The van der Waals surface area contributed by atoms with Crippen LogP contribution in [-0.2, 0) is 10.0 Å². The summed E-state index contributed by atoms with van der Waals surface area (Å²) in [4.78, 5) is 13.4. The minimum atomic E-state index is -3.85. The molecular weight excluding hydrogens is 316 g/mol. The maximum Gasteiger partial charge on any atom is 0.266 e. The second kappa shape index (κ2) is 6.08. The molecule has 0 atom stereocenters. The Morgan fingerprint density at radius 3 is 2.62 bits per heavy atom. The van der Waals surface area contributed by atoms with E-state index in [1.807, 2.05) is 0 Å². The van der Waals surface area contributed by atoms with E-state index in [9.17, 15) is 18.3 Å². The smallest absolute Gasteiger partial charge is 0.266 e. The quantitative estimate of drug-likeness (QED) is 0.771. The number of aliphatic hydroxyl groups excluding tert-OH is 1. The summed E-state index contributed by atoms with van der Waals surface area (Å²) in [5.74, 6) is 0.525. The molecule has 1 fully saturated rings. The minimum Gasteiger partial charge on any atom is -0.394 e. The second-order valence-corrected chi connectivity index (χ2v) is 7.83. The zero-order chi connectivity index (χ0) is 15.7. The molecule has 8 heteroatoms. The number of H-pyrrole nitrogens is 1. The number of hydrogen-bond acceptors (Lipinski definition) is 4. The van der Waals surface area contributed by atoms with E-state index >= 15 is 0 Å². The maximum absolute atomic E-state index is 12.4. The number of hydrogen-bond donors (Lipinski definition) is 3. The summed E-state index contributed by atoms with van der Waals surface area (Å²) in [6.45, 7) is 1.85. The van der Waals surface area contributed by atoms with Crippen molar-refractivity contribution in [3.8, 4) is 0 Å². The number of halogens is 1. The summed E-state index contributed by atoms with van der Waals surface area (Å²) in [5, 5.41) is 9.44. The van der Waals surface area contributed by atoms with E-state index in [2.05, 4.69) is 16.6 Å². The number of sulfonamides is 1. The highest BCUT2D eigenvalue weighted by Crippen LogP contribution is 2.32. The van der Waals surface area contributed by atoms with Gasteiger partial charge in [0.15, 0.2) is 0 Å². The van der Waals surface area contributed by atoms with Crippen molar-refractivity contribution in [2.75, 3.05) is 6.61 Å². The fourth-order valence-electron chi connectivity index (χ4n) is 2.54. The van der Waals surface area contributed by atoms with Gasteiger partial charge in [0.05, 0.1) is 17.0 Å². The predicted molar refractivity (Wildman–Crippen MR) is 79.8 cm³/mol. The van der Waals surface area contributed by atoms with Crippen molar-refractivity contribution in [1.29, 1.82) is 0 Å². The molecule has 0 saturated heterocycles. The van der Waals surface area contributed by atoms with E-state index in [0.717, 1.165) is 25.1 Å². The van der Waals surface area contributed by atoms with E-state index in [0.29, 0.717) is 18.8 Å². The van der Waals surface area contributed by atoms with Crippen molar-refractivity contribution in [3.63, 3.8) is 0 Å². The van der Waals surface area contributed by atoms with Crippen LogP contribution in [0.4, 0.5) is 0 Å². The van der Waals surface area contributed by atoms with Gasteiger partial charge in [-0.25, -0.2) is 13.1 Å². The molecule has 21 heavy (non-hydrogen) atoms. The largest absolute Gasteiger partial charge is 0.394 e. The molecule has 1 saturated carbocycles. The van der Waals surface area contributed by atoms with Gasteiger partial charge in [0.2, 0.25) is 10.0 Å². The van der Waals surface area contributed by atoms with Crippen LogP contribution in [0.2, 0.25) is 5.02 Å². The lowest BCUT2D eigenvalue weighted by molar-refractivity contribution is 0.125. The summed E-state index contributed by atoms with van der Waals surface area (Å²) in [7, 11) is -3.85. The van der Waals surface area contributed by atoms with Crippen molar-refractivity contribution in [2.24, 2.45) is 5.92 Å². The molecule has 1 aromatic rings. The molecule has 1 heterocycles. The molecule has 0 aliphatic heterocycles. The van der Waals surface area contributed by atoms with Crippen LogP contribution in [0.15, 0.2) is 22.0 Å². The number of aromatic nitrogens is 1. The number of aromatic amines is 1. The third-order valence-electron chi connectivity index (χ3n) is 4.03. The summed E-state index contributed by atoms with van der Waals surface area (Å²) in [6, 6.07) is 1.11. The van der Waals surface area contributed by atoms with Crippen LogP contribution >= 0.6 is 11.6 Å². The van der Waals surface area contributed by atoms with Gasteiger partial charge >= 0.3 is 0 Å². The molecule has 1 aliphatic rings. The summed E-state index contributed by atoms with van der Waals surface area (Å²) in [6.07, 6.45) is 3.99. The zero-order valence-corrected chi connectivity index (χ0v) is 13.3. The topological polar surface area (TPSA) is 99.3 Å². The van der Waals surface area contributed by atoms with Crippen LogP contribution in [0, 0.1) is 5.92 Å². The zero-order valence-electron chi connectivity index (χ0n) is 11.7. The molecule has 0 radical (unpaired) electrons. The molecule has 0 aromatic carbocycles. The summed E-state index contributed by atoms with van der Waals surface area (Å²) in [5.41, 5.74) is -1.38. The molecule has 0 unspecified atom stereocenters. The lowest BCUT2D eigenvalue weighted by Gasteiger charge is -2.38. The monoisotopic (exact) mass is 334 g/mol. The number of nitrogens with one attached hydrogen (secondary N) is 2. The van der Waals surface area contributed by atoms with Crippen LogP contribution in [-0.4, -0.2) is 30.7 Å². The third kappa shape index (κ3) is 3.66. The molecule has 0 bridgehead atoms. The van der Waals surface area contributed by atoms with Crippen molar-refractivity contribution in [2.45, 2.75) is 43.0 Å². The van der Waals surface area contributed by atoms with Crippen LogP contribution in [0.25, 0.3) is 0 Å². The Morgan fingerprint density at radius 2 is 2.10 bits per heavy atom. The maximum atomic E-state index is 12.4. The van der Waals surface area contributed by atoms with Gasteiger partial charge in [0, 0.05) is 6.20 Å². The summed E-state index contributed by atoms with van der Waals surface area (Å²) < 4.78 is 27.4. The lowest BCUT2D eigenvalue weighted by Crippen LogP contribution is -2.53. The summed E-state index contributed by atoms with van der Waals surface area (Å²) >= 11 is 5.66. The van der Waals surface area contributed by atoms with Crippen LogP contribution in [0.3, 0.4) is 0 Å². The first-order valence-corrected chi connectivity index (χ1v) is 8.67. The first kappa shape index (κ1) is 16.5. The minimum absolute atomic E-state index is 0.112. The SMILES string of the molecule is CC1CCC(CO)(NS(=O)(=O)c2c[nH]c(=O)c(Cl)c2)CC1. The van der Waals surface area contributed by atoms with Crippen molar-refractivity contribution in [1.82, 2.24) is 9.71 Å². The first-order chi connectivity index (χ1) is 9.78.